The van der Waals surface area contributed by atoms with Crippen LogP contribution in [-0.2, 0) is 0 Å². The van der Waals surface area contributed by atoms with E-state index in [1.807, 2.05) is 0 Å². The van der Waals surface area contributed by atoms with Crippen molar-refractivity contribution in [3.63, 3.8) is 0 Å². The molecule has 3 heterocycles. The van der Waals surface area contributed by atoms with Crippen LogP contribution in [0.1, 0.15) is 16.1 Å². The summed E-state index contributed by atoms with van der Waals surface area (Å²) in [7, 11) is 4.54. The second-order valence-electron chi connectivity index (χ2n) is 8.80. The molecule has 0 aliphatic heterocycles. The van der Waals surface area contributed by atoms with E-state index in [-0.39, 0.29) is 22.7 Å². The third-order valence-corrected chi connectivity index (χ3v) is 6.32. The normalized spacial score (nSPS) is 10.8. The molecule has 0 fully saturated rings. The van der Waals surface area contributed by atoms with Gasteiger partial charge >= 0.3 is 0 Å². The number of pyridine rings is 3. The van der Waals surface area contributed by atoms with Crippen LogP contribution >= 0.6 is 0 Å². The van der Waals surface area contributed by atoms with Crippen molar-refractivity contribution >= 4 is 22.6 Å². The van der Waals surface area contributed by atoms with Gasteiger partial charge in [-0.05, 0) is 31.2 Å². The van der Waals surface area contributed by atoms with Crippen molar-refractivity contribution in [3.8, 4) is 45.6 Å². The highest BCUT2D eigenvalue weighted by atomic mass is 19.1. The summed E-state index contributed by atoms with van der Waals surface area (Å²) < 4.78 is 36.7. The van der Waals surface area contributed by atoms with E-state index in [0.29, 0.717) is 50.9 Å². The van der Waals surface area contributed by atoms with Crippen LogP contribution in [0.2, 0.25) is 0 Å². The molecule has 11 heteroatoms. The molecule has 0 aliphatic carbocycles. The van der Waals surface area contributed by atoms with Gasteiger partial charge in [0.25, 0.3) is 5.91 Å². The van der Waals surface area contributed by atoms with Crippen LogP contribution in [0.3, 0.4) is 0 Å². The maximum absolute atomic E-state index is 15.1. The lowest BCUT2D eigenvalue weighted by atomic mass is 9.99. The second kappa shape index (κ2) is 11.3. The number of benzene rings is 2. The molecule has 1 amide bonds. The lowest BCUT2D eigenvalue weighted by Gasteiger charge is -2.16. The summed E-state index contributed by atoms with van der Waals surface area (Å²) in [6.07, 6.45) is 4.28. The van der Waals surface area contributed by atoms with Gasteiger partial charge in [-0.15, -0.1) is 0 Å². The van der Waals surface area contributed by atoms with Gasteiger partial charge < -0.3 is 29.4 Å². The molecule has 0 atom stereocenters. The first-order valence-electron chi connectivity index (χ1n) is 12.3. The number of nitrogens with one attached hydrogen (secondary N) is 1. The first-order chi connectivity index (χ1) is 19.8. The smallest absolute Gasteiger partial charge is 0.261 e. The Morgan fingerprint density at radius 3 is 2.39 bits per heavy atom. The van der Waals surface area contributed by atoms with Crippen LogP contribution in [0.4, 0.5) is 10.1 Å². The molecule has 0 bridgehead atoms. The highest BCUT2D eigenvalue weighted by molar-refractivity contribution is 6.07. The molecule has 10 nitrogen and oxygen atoms in total. The van der Waals surface area contributed by atoms with E-state index in [2.05, 4.69) is 20.3 Å². The number of carbonyl (C=O) groups excluding carboxylic acids is 1. The van der Waals surface area contributed by atoms with Gasteiger partial charge in [-0.2, -0.15) is 0 Å². The number of hydrogen-bond acceptors (Lipinski definition) is 9. The maximum atomic E-state index is 15.1. The van der Waals surface area contributed by atoms with E-state index in [1.54, 1.807) is 37.3 Å². The number of ether oxygens (including phenoxy) is 4. The summed E-state index contributed by atoms with van der Waals surface area (Å²) in [6.45, 7) is 1.70. The average Bonchev–Trinajstić information content (AvgIpc) is 2.98. The van der Waals surface area contributed by atoms with E-state index in [9.17, 15) is 9.90 Å². The predicted molar refractivity (Wildman–Crippen MR) is 150 cm³/mol. The fraction of sp³-hybridized carbons (Fsp3) is 0.133. The minimum Gasteiger partial charge on any atom is -0.506 e. The summed E-state index contributed by atoms with van der Waals surface area (Å²) >= 11 is 0. The van der Waals surface area contributed by atoms with Gasteiger partial charge in [0.15, 0.2) is 17.3 Å². The lowest BCUT2D eigenvalue weighted by molar-refractivity contribution is 0.102. The van der Waals surface area contributed by atoms with Gasteiger partial charge in [-0.3, -0.25) is 14.8 Å². The zero-order valence-corrected chi connectivity index (χ0v) is 22.6. The summed E-state index contributed by atoms with van der Waals surface area (Å²) in [5, 5.41) is 13.7. The fourth-order valence-corrected chi connectivity index (χ4v) is 4.25. The number of aromatic hydroxyl groups is 1. The Kier molecular flexibility index (Phi) is 7.51. The van der Waals surface area contributed by atoms with Crippen molar-refractivity contribution < 1.29 is 33.2 Å². The highest BCUT2D eigenvalue weighted by Gasteiger charge is 2.22. The molecule has 0 unspecified atom stereocenters. The Hall–Kier alpha value is -5.45. The number of methoxy groups -OCH3 is 3. The van der Waals surface area contributed by atoms with Crippen molar-refractivity contribution in [2.24, 2.45) is 0 Å². The van der Waals surface area contributed by atoms with Crippen molar-refractivity contribution in [2.45, 2.75) is 6.92 Å². The van der Waals surface area contributed by atoms with E-state index in [4.69, 9.17) is 18.9 Å². The van der Waals surface area contributed by atoms with Crippen LogP contribution in [0, 0.1) is 12.7 Å². The Bertz CT molecular complexity index is 1780. The minimum atomic E-state index is -0.726. The maximum Gasteiger partial charge on any atom is 0.261 e. The summed E-state index contributed by atoms with van der Waals surface area (Å²) in [5.41, 5.74) is 2.31. The van der Waals surface area contributed by atoms with Crippen molar-refractivity contribution in [3.05, 3.63) is 84.2 Å². The van der Waals surface area contributed by atoms with Crippen molar-refractivity contribution in [2.75, 3.05) is 26.6 Å². The third-order valence-electron chi connectivity index (χ3n) is 6.32. The summed E-state index contributed by atoms with van der Waals surface area (Å²) in [5.74, 6) is 0.0217. The number of anilines is 1. The Morgan fingerprint density at radius 1 is 0.854 bits per heavy atom. The Labute approximate surface area is 234 Å². The quantitative estimate of drug-likeness (QED) is 0.240. The van der Waals surface area contributed by atoms with E-state index in [0.717, 1.165) is 6.07 Å². The van der Waals surface area contributed by atoms with Gasteiger partial charge in [0, 0.05) is 59.2 Å². The first kappa shape index (κ1) is 27.1. The number of carbonyl (C=O) groups is 1. The van der Waals surface area contributed by atoms with Gasteiger partial charge in [0.1, 0.15) is 34.1 Å². The summed E-state index contributed by atoms with van der Waals surface area (Å²) in [4.78, 5) is 26.0. The number of aryl methyl sites for hydroxylation is 1. The first-order valence-corrected chi connectivity index (χ1v) is 12.3. The number of hydrogen-bond donors (Lipinski definition) is 2. The van der Waals surface area contributed by atoms with Crippen LogP contribution in [0.25, 0.3) is 22.2 Å². The molecular formula is C30H25FN4O6. The number of rotatable bonds is 8. The largest absolute Gasteiger partial charge is 0.506 e. The molecule has 3 aromatic heterocycles. The van der Waals surface area contributed by atoms with Crippen LogP contribution < -0.4 is 24.3 Å². The molecule has 0 saturated heterocycles. The molecule has 5 rings (SSSR count). The van der Waals surface area contributed by atoms with Crippen LogP contribution in [0.5, 0.6) is 34.5 Å². The minimum absolute atomic E-state index is 0.0816. The number of fused-ring (bicyclic) bond motifs is 1. The molecule has 2 aromatic carbocycles. The molecular weight excluding hydrogens is 531 g/mol. The van der Waals surface area contributed by atoms with Gasteiger partial charge in [0.2, 0.25) is 0 Å². The zero-order valence-electron chi connectivity index (χ0n) is 22.6. The predicted octanol–water partition coefficient (Wildman–Crippen LogP) is 5.92. The molecule has 208 valence electrons. The number of aromatic nitrogens is 3. The summed E-state index contributed by atoms with van der Waals surface area (Å²) in [6, 6.07) is 12.3. The van der Waals surface area contributed by atoms with E-state index >= 15 is 4.39 Å². The molecule has 5 aromatic rings. The monoisotopic (exact) mass is 556 g/mol. The molecule has 0 spiro atoms. The number of amides is 1. The molecule has 0 saturated carbocycles. The van der Waals surface area contributed by atoms with Crippen LogP contribution in [0.15, 0.2) is 67.1 Å². The standard InChI is InChI=1S/C30H25FN4O6/c1-16-27(20-7-6-18(38-2)13-26(20)40-4)29(36)21(15-33-16)30(37)35-17-5-8-24(22(31)11-17)41-25-9-10-32-23-12-19(39-3)14-34-28(23)25/h5-15H,1-4H3,(H,33,36)(H,35,37). The Balaban J connectivity index is 1.40. The lowest BCUT2D eigenvalue weighted by Crippen LogP contribution is -2.13. The topological polar surface area (TPSA) is 125 Å². The zero-order chi connectivity index (χ0) is 29.1. The average molecular weight is 557 g/mol. The van der Waals surface area contributed by atoms with Crippen molar-refractivity contribution in [1.82, 2.24) is 15.0 Å². The molecule has 0 aliphatic rings. The number of nitrogens with zero attached hydrogens (tertiary/aromatic N) is 3. The molecule has 0 radical (unpaired) electrons. The Morgan fingerprint density at radius 2 is 1.66 bits per heavy atom. The molecule has 2 N–H and O–H groups in total. The van der Waals surface area contributed by atoms with Gasteiger partial charge in [0.05, 0.1) is 33.0 Å². The van der Waals surface area contributed by atoms with Crippen LogP contribution in [-0.4, -0.2) is 47.3 Å². The fourth-order valence-electron chi connectivity index (χ4n) is 4.25. The molecule has 41 heavy (non-hydrogen) atoms. The second-order valence-corrected chi connectivity index (χ2v) is 8.80. The van der Waals surface area contributed by atoms with Gasteiger partial charge in [-0.25, -0.2) is 9.37 Å². The number of halogens is 1. The van der Waals surface area contributed by atoms with Gasteiger partial charge in [-0.1, -0.05) is 0 Å². The van der Waals surface area contributed by atoms with E-state index < -0.39 is 11.7 Å². The van der Waals surface area contributed by atoms with Crippen molar-refractivity contribution in [1.29, 1.82) is 0 Å². The third kappa shape index (κ3) is 5.37. The van der Waals surface area contributed by atoms with E-state index in [1.165, 1.54) is 52.1 Å². The highest BCUT2D eigenvalue weighted by Crippen LogP contribution is 2.41. The SMILES string of the molecule is COc1ccc(-c2c(C)ncc(C(=O)Nc3ccc(Oc4ccnc5cc(OC)cnc45)c(F)c3)c2O)c(OC)c1.